The van der Waals surface area contributed by atoms with Crippen LogP contribution in [0.15, 0.2) is 0 Å². The number of methoxy groups -OCH3 is 1. The Morgan fingerprint density at radius 3 is 2.75 bits per heavy atom. The molecule has 1 heterocycles. The predicted octanol–water partition coefficient (Wildman–Crippen LogP) is 1.49. The zero-order valence-electron chi connectivity index (χ0n) is 10.6. The van der Waals surface area contributed by atoms with E-state index < -0.39 is 0 Å². The third-order valence-corrected chi connectivity index (χ3v) is 3.87. The number of rotatable bonds is 7. The predicted molar refractivity (Wildman–Crippen MR) is 66.7 cm³/mol. The lowest BCUT2D eigenvalue weighted by molar-refractivity contribution is 0.137. The maximum absolute atomic E-state index is 5.19. The van der Waals surface area contributed by atoms with E-state index in [9.17, 15) is 0 Å². The van der Waals surface area contributed by atoms with Gasteiger partial charge in [0.25, 0.3) is 0 Å². The fraction of sp³-hybridized carbons (Fsp3) is 1.00. The standard InChI is InChI=1S/C13H26N2O/c1-16-10-9-15(13-4-5-13)8-6-12-3-2-7-14-11-12/h12-14H,2-11H2,1H3. The lowest BCUT2D eigenvalue weighted by atomic mass is 9.96. The van der Waals surface area contributed by atoms with Gasteiger partial charge < -0.3 is 10.1 Å². The van der Waals surface area contributed by atoms with Gasteiger partial charge in [0.15, 0.2) is 0 Å². The van der Waals surface area contributed by atoms with Crippen LogP contribution in [0, 0.1) is 5.92 Å². The molecule has 0 aromatic rings. The highest BCUT2D eigenvalue weighted by atomic mass is 16.5. The van der Waals surface area contributed by atoms with Crippen molar-refractivity contribution in [1.82, 2.24) is 10.2 Å². The van der Waals surface area contributed by atoms with E-state index in [-0.39, 0.29) is 0 Å². The van der Waals surface area contributed by atoms with Gasteiger partial charge in [0, 0.05) is 19.7 Å². The lowest BCUT2D eigenvalue weighted by Crippen LogP contribution is -2.35. The quantitative estimate of drug-likeness (QED) is 0.712. The fourth-order valence-corrected chi connectivity index (χ4v) is 2.64. The van der Waals surface area contributed by atoms with Gasteiger partial charge in [-0.05, 0) is 57.7 Å². The summed E-state index contributed by atoms with van der Waals surface area (Å²) in [4.78, 5) is 2.64. The smallest absolute Gasteiger partial charge is 0.0589 e. The second-order valence-corrected chi connectivity index (χ2v) is 5.26. The minimum Gasteiger partial charge on any atom is -0.383 e. The molecule has 1 N–H and O–H groups in total. The van der Waals surface area contributed by atoms with Crippen molar-refractivity contribution in [3.8, 4) is 0 Å². The highest BCUT2D eigenvalue weighted by molar-refractivity contribution is 4.85. The first-order valence-electron chi connectivity index (χ1n) is 6.84. The zero-order chi connectivity index (χ0) is 11.2. The van der Waals surface area contributed by atoms with Crippen LogP contribution in [0.2, 0.25) is 0 Å². The van der Waals surface area contributed by atoms with E-state index in [0.29, 0.717) is 0 Å². The molecule has 1 atom stereocenters. The van der Waals surface area contributed by atoms with Crippen molar-refractivity contribution in [3.63, 3.8) is 0 Å². The highest BCUT2D eigenvalue weighted by Crippen LogP contribution is 2.27. The molecule has 1 aliphatic carbocycles. The number of nitrogens with one attached hydrogen (secondary N) is 1. The van der Waals surface area contributed by atoms with Crippen LogP contribution in [0.1, 0.15) is 32.1 Å². The molecule has 1 saturated heterocycles. The van der Waals surface area contributed by atoms with Gasteiger partial charge in [0.2, 0.25) is 0 Å². The fourth-order valence-electron chi connectivity index (χ4n) is 2.64. The van der Waals surface area contributed by atoms with Crippen LogP contribution >= 0.6 is 0 Å². The third kappa shape index (κ3) is 4.04. The van der Waals surface area contributed by atoms with Crippen LogP contribution in [-0.4, -0.2) is 50.8 Å². The molecule has 0 spiro atoms. The van der Waals surface area contributed by atoms with E-state index in [2.05, 4.69) is 10.2 Å². The van der Waals surface area contributed by atoms with Crippen molar-refractivity contribution in [1.29, 1.82) is 0 Å². The van der Waals surface area contributed by atoms with E-state index in [1.54, 1.807) is 7.11 Å². The summed E-state index contributed by atoms with van der Waals surface area (Å²) < 4.78 is 5.19. The summed E-state index contributed by atoms with van der Waals surface area (Å²) in [5.41, 5.74) is 0. The van der Waals surface area contributed by atoms with E-state index in [1.165, 1.54) is 51.7 Å². The Kier molecular flexibility index (Phi) is 5.07. The molecule has 0 aromatic carbocycles. The van der Waals surface area contributed by atoms with E-state index in [4.69, 9.17) is 4.74 Å². The lowest BCUT2D eigenvalue weighted by Gasteiger charge is -2.27. The summed E-state index contributed by atoms with van der Waals surface area (Å²) in [5.74, 6) is 0.914. The van der Waals surface area contributed by atoms with Gasteiger partial charge in [-0.2, -0.15) is 0 Å². The average Bonchev–Trinajstić information content (AvgIpc) is 3.15. The monoisotopic (exact) mass is 226 g/mol. The average molecular weight is 226 g/mol. The Hall–Kier alpha value is -0.120. The van der Waals surface area contributed by atoms with Crippen molar-refractivity contribution in [2.75, 3.05) is 39.9 Å². The first kappa shape index (κ1) is 12.3. The third-order valence-electron chi connectivity index (χ3n) is 3.87. The van der Waals surface area contributed by atoms with Crippen molar-refractivity contribution in [2.45, 2.75) is 38.1 Å². The van der Waals surface area contributed by atoms with Crippen LogP contribution in [0.5, 0.6) is 0 Å². The Labute approximate surface area is 99.5 Å². The largest absolute Gasteiger partial charge is 0.383 e. The van der Waals surface area contributed by atoms with Crippen LogP contribution in [-0.2, 0) is 4.74 Å². The SMILES string of the molecule is COCCN(CCC1CCCNC1)C1CC1. The number of hydrogen-bond acceptors (Lipinski definition) is 3. The van der Waals surface area contributed by atoms with Gasteiger partial charge in [-0.15, -0.1) is 0 Å². The Bertz CT molecular complexity index is 188. The van der Waals surface area contributed by atoms with Crippen LogP contribution in [0.25, 0.3) is 0 Å². The van der Waals surface area contributed by atoms with Gasteiger partial charge in [-0.25, -0.2) is 0 Å². The summed E-state index contributed by atoms with van der Waals surface area (Å²) in [6.07, 6.45) is 6.98. The molecule has 16 heavy (non-hydrogen) atoms. The van der Waals surface area contributed by atoms with Crippen LogP contribution in [0.4, 0.5) is 0 Å². The summed E-state index contributed by atoms with van der Waals surface area (Å²) in [6.45, 7) is 5.76. The van der Waals surface area contributed by atoms with E-state index >= 15 is 0 Å². The number of hydrogen-bond donors (Lipinski definition) is 1. The molecule has 94 valence electrons. The van der Waals surface area contributed by atoms with Gasteiger partial charge >= 0.3 is 0 Å². The minimum atomic E-state index is 0.881. The molecule has 3 nitrogen and oxygen atoms in total. The number of ether oxygens (including phenoxy) is 1. The topological polar surface area (TPSA) is 24.5 Å². The first-order chi connectivity index (χ1) is 7.90. The molecule has 1 saturated carbocycles. The summed E-state index contributed by atoms with van der Waals surface area (Å²) >= 11 is 0. The van der Waals surface area contributed by atoms with Crippen molar-refractivity contribution in [2.24, 2.45) is 5.92 Å². The molecule has 0 aromatic heterocycles. The molecule has 1 aliphatic heterocycles. The molecule has 0 bridgehead atoms. The number of piperidine rings is 1. The maximum Gasteiger partial charge on any atom is 0.0589 e. The van der Waals surface area contributed by atoms with E-state index in [1.807, 2.05) is 0 Å². The second kappa shape index (κ2) is 6.58. The Morgan fingerprint density at radius 1 is 1.25 bits per heavy atom. The van der Waals surface area contributed by atoms with Crippen LogP contribution < -0.4 is 5.32 Å². The van der Waals surface area contributed by atoms with Gasteiger partial charge in [-0.3, -0.25) is 4.90 Å². The molecule has 3 heteroatoms. The maximum atomic E-state index is 5.19. The molecule has 0 amide bonds. The van der Waals surface area contributed by atoms with E-state index in [0.717, 1.165) is 25.1 Å². The molecule has 1 unspecified atom stereocenters. The number of nitrogens with zero attached hydrogens (tertiary/aromatic N) is 1. The zero-order valence-corrected chi connectivity index (χ0v) is 10.6. The van der Waals surface area contributed by atoms with Gasteiger partial charge in [0.05, 0.1) is 6.61 Å². The second-order valence-electron chi connectivity index (χ2n) is 5.26. The van der Waals surface area contributed by atoms with Crippen molar-refractivity contribution in [3.05, 3.63) is 0 Å². The summed E-state index contributed by atoms with van der Waals surface area (Å²) in [7, 11) is 1.80. The molecule has 0 radical (unpaired) electrons. The molecule has 2 rings (SSSR count). The van der Waals surface area contributed by atoms with Gasteiger partial charge in [0.1, 0.15) is 0 Å². The van der Waals surface area contributed by atoms with Crippen molar-refractivity contribution >= 4 is 0 Å². The highest BCUT2D eigenvalue weighted by Gasteiger charge is 2.28. The van der Waals surface area contributed by atoms with Crippen LogP contribution in [0.3, 0.4) is 0 Å². The van der Waals surface area contributed by atoms with Gasteiger partial charge in [-0.1, -0.05) is 0 Å². The Morgan fingerprint density at radius 2 is 2.12 bits per heavy atom. The molecular formula is C13H26N2O. The molecule has 2 fully saturated rings. The van der Waals surface area contributed by atoms with Crippen molar-refractivity contribution < 1.29 is 4.74 Å². The first-order valence-corrected chi connectivity index (χ1v) is 6.84. The summed E-state index contributed by atoms with van der Waals surface area (Å²) in [6, 6.07) is 0.881. The minimum absolute atomic E-state index is 0.881. The molecule has 2 aliphatic rings. The normalized spacial score (nSPS) is 26.2. The molecular weight excluding hydrogens is 200 g/mol. The Balaban J connectivity index is 1.64. The summed E-state index contributed by atoms with van der Waals surface area (Å²) in [5, 5.41) is 3.50.